The van der Waals surface area contributed by atoms with Crippen molar-refractivity contribution in [1.29, 1.82) is 0 Å². The molecule has 0 spiro atoms. The summed E-state index contributed by atoms with van der Waals surface area (Å²) in [5.74, 6) is 0.310. The van der Waals surface area contributed by atoms with E-state index >= 15 is 0 Å². The molecule has 3 amide bonds. The van der Waals surface area contributed by atoms with Crippen LogP contribution in [0.25, 0.3) is 0 Å². The highest BCUT2D eigenvalue weighted by Crippen LogP contribution is 2.20. The highest BCUT2D eigenvalue weighted by Gasteiger charge is 2.30. The van der Waals surface area contributed by atoms with E-state index in [2.05, 4.69) is 13.5 Å². The third-order valence-corrected chi connectivity index (χ3v) is 5.58. The number of nitrogens with zero attached hydrogens (tertiary/aromatic N) is 3. The van der Waals surface area contributed by atoms with E-state index in [0.29, 0.717) is 19.0 Å². The molecule has 2 rings (SSSR count). The normalized spacial score (nSPS) is 20.9. The molecule has 7 heteroatoms. The minimum absolute atomic E-state index is 0.0375. The Labute approximate surface area is 162 Å². The SMILES string of the molecule is C=CC(=O)N(CC)CC(=O)N1CCCCC1COC(=O)N1CCC(C)CC1. The summed E-state index contributed by atoms with van der Waals surface area (Å²) in [4.78, 5) is 41.9. The van der Waals surface area contributed by atoms with E-state index in [-0.39, 0.29) is 37.1 Å². The van der Waals surface area contributed by atoms with Gasteiger partial charge in [0.1, 0.15) is 13.2 Å². The van der Waals surface area contributed by atoms with Gasteiger partial charge in [0.2, 0.25) is 11.8 Å². The molecular formula is C20H33N3O4. The lowest BCUT2D eigenvalue weighted by Gasteiger charge is -2.37. The maximum atomic E-state index is 12.7. The minimum Gasteiger partial charge on any atom is -0.447 e. The summed E-state index contributed by atoms with van der Waals surface area (Å²) in [7, 11) is 0. The van der Waals surface area contributed by atoms with Crippen LogP contribution in [0, 0.1) is 5.92 Å². The Kier molecular flexibility index (Phi) is 8.13. The molecule has 2 fully saturated rings. The van der Waals surface area contributed by atoms with Crippen molar-refractivity contribution in [2.75, 3.05) is 39.3 Å². The topological polar surface area (TPSA) is 70.2 Å². The third-order valence-electron chi connectivity index (χ3n) is 5.58. The highest BCUT2D eigenvalue weighted by molar-refractivity contribution is 5.91. The van der Waals surface area contributed by atoms with Gasteiger partial charge in [-0.15, -0.1) is 0 Å². The minimum atomic E-state index is -0.281. The van der Waals surface area contributed by atoms with Crippen molar-refractivity contribution in [3.05, 3.63) is 12.7 Å². The second-order valence-corrected chi connectivity index (χ2v) is 7.54. The van der Waals surface area contributed by atoms with Crippen LogP contribution in [0.4, 0.5) is 4.79 Å². The summed E-state index contributed by atoms with van der Waals surface area (Å²) in [5, 5.41) is 0. The third kappa shape index (κ3) is 5.97. The number of rotatable bonds is 6. The molecule has 2 saturated heterocycles. The van der Waals surface area contributed by atoms with Crippen molar-refractivity contribution >= 4 is 17.9 Å². The first-order valence-electron chi connectivity index (χ1n) is 10.1. The molecule has 0 aromatic rings. The number of amides is 3. The number of hydrogen-bond acceptors (Lipinski definition) is 4. The molecule has 0 aromatic heterocycles. The molecule has 1 atom stereocenters. The number of likely N-dealkylation sites (N-methyl/N-ethyl adjacent to an activating group) is 1. The molecule has 2 aliphatic rings. The van der Waals surface area contributed by atoms with E-state index in [0.717, 1.165) is 45.2 Å². The molecule has 0 saturated carbocycles. The van der Waals surface area contributed by atoms with Crippen molar-refractivity contribution in [2.24, 2.45) is 5.92 Å². The fraction of sp³-hybridized carbons (Fsp3) is 0.750. The monoisotopic (exact) mass is 379 g/mol. The maximum Gasteiger partial charge on any atom is 0.409 e. The zero-order valence-corrected chi connectivity index (χ0v) is 16.7. The number of carbonyl (C=O) groups excluding carboxylic acids is 3. The molecule has 0 aliphatic carbocycles. The lowest BCUT2D eigenvalue weighted by Crippen LogP contribution is -2.51. The van der Waals surface area contributed by atoms with E-state index in [4.69, 9.17) is 4.74 Å². The van der Waals surface area contributed by atoms with Crippen LogP contribution in [0.15, 0.2) is 12.7 Å². The second-order valence-electron chi connectivity index (χ2n) is 7.54. The fourth-order valence-electron chi connectivity index (χ4n) is 3.68. The van der Waals surface area contributed by atoms with Crippen LogP contribution in [0.5, 0.6) is 0 Å². The largest absolute Gasteiger partial charge is 0.447 e. The molecule has 2 heterocycles. The fourth-order valence-corrected chi connectivity index (χ4v) is 3.68. The molecule has 0 radical (unpaired) electrons. The molecule has 27 heavy (non-hydrogen) atoms. The first-order chi connectivity index (χ1) is 13.0. The van der Waals surface area contributed by atoms with Gasteiger partial charge in [-0.25, -0.2) is 4.79 Å². The average molecular weight is 380 g/mol. The van der Waals surface area contributed by atoms with Crippen molar-refractivity contribution in [2.45, 2.75) is 52.0 Å². The molecule has 0 bridgehead atoms. The van der Waals surface area contributed by atoms with Gasteiger partial charge in [-0.1, -0.05) is 13.5 Å². The Morgan fingerprint density at radius 1 is 1.15 bits per heavy atom. The van der Waals surface area contributed by atoms with Gasteiger partial charge in [-0.3, -0.25) is 9.59 Å². The van der Waals surface area contributed by atoms with Gasteiger partial charge in [0.25, 0.3) is 0 Å². The van der Waals surface area contributed by atoms with Gasteiger partial charge < -0.3 is 19.4 Å². The zero-order valence-electron chi connectivity index (χ0n) is 16.7. The molecule has 2 aliphatic heterocycles. The van der Waals surface area contributed by atoms with Gasteiger partial charge >= 0.3 is 6.09 Å². The predicted molar refractivity (Wildman–Crippen MR) is 103 cm³/mol. The molecule has 0 N–H and O–H groups in total. The molecule has 7 nitrogen and oxygen atoms in total. The summed E-state index contributed by atoms with van der Waals surface area (Å²) in [6, 6.07) is -0.114. The van der Waals surface area contributed by atoms with Crippen molar-refractivity contribution < 1.29 is 19.1 Å². The van der Waals surface area contributed by atoms with E-state index < -0.39 is 0 Å². The van der Waals surface area contributed by atoms with Crippen LogP contribution >= 0.6 is 0 Å². The van der Waals surface area contributed by atoms with Crippen LogP contribution in [-0.2, 0) is 14.3 Å². The number of carbonyl (C=O) groups is 3. The van der Waals surface area contributed by atoms with Crippen LogP contribution in [0.3, 0.4) is 0 Å². The first-order valence-corrected chi connectivity index (χ1v) is 10.1. The van der Waals surface area contributed by atoms with Crippen molar-refractivity contribution in [3.63, 3.8) is 0 Å². The molecule has 152 valence electrons. The Hall–Kier alpha value is -2.05. The van der Waals surface area contributed by atoms with Gasteiger partial charge in [0.05, 0.1) is 6.04 Å². The maximum absolute atomic E-state index is 12.7. The first kappa shape index (κ1) is 21.3. The quantitative estimate of drug-likeness (QED) is 0.664. The summed E-state index contributed by atoms with van der Waals surface area (Å²) in [6.07, 6.45) is 5.72. The van der Waals surface area contributed by atoms with Gasteiger partial charge in [0.15, 0.2) is 0 Å². The van der Waals surface area contributed by atoms with Crippen LogP contribution in [0.2, 0.25) is 0 Å². The Morgan fingerprint density at radius 2 is 1.85 bits per heavy atom. The number of hydrogen-bond donors (Lipinski definition) is 0. The summed E-state index contributed by atoms with van der Waals surface area (Å²) in [6.45, 7) is 10.4. The van der Waals surface area contributed by atoms with E-state index in [1.165, 1.54) is 11.0 Å². The van der Waals surface area contributed by atoms with E-state index in [9.17, 15) is 14.4 Å². The summed E-state index contributed by atoms with van der Waals surface area (Å²) >= 11 is 0. The van der Waals surface area contributed by atoms with E-state index in [1.807, 2.05) is 6.92 Å². The Balaban J connectivity index is 1.88. The number of piperidine rings is 2. The van der Waals surface area contributed by atoms with Gasteiger partial charge in [-0.2, -0.15) is 0 Å². The second kappa shape index (κ2) is 10.3. The van der Waals surface area contributed by atoms with Crippen LogP contribution in [0.1, 0.15) is 46.0 Å². The summed E-state index contributed by atoms with van der Waals surface area (Å²) in [5.41, 5.74) is 0. The standard InChI is InChI=1S/C20H33N3O4/c1-4-18(24)21(5-2)14-19(25)23-11-7-6-8-17(23)15-27-20(26)22-12-9-16(3)10-13-22/h4,16-17H,1,5-15H2,2-3H3. The lowest BCUT2D eigenvalue weighted by atomic mass is 10.00. The molecular weight excluding hydrogens is 346 g/mol. The van der Waals surface area contributed by atoms with Crippen molar-refractivity contribution in [3.8, 4) is 0 Å². The highest BCUT2D eigenvalue weighted by atomic mass is 16.6. The molecule has 1 unspecified atom stereocenters. The van der Waals surface area contributed by atoms with E-state index in [1.54, 1.807) is 9.80 Å². The summed E-state index contributed by atoms with van der Waals surface area (Å²) < 4.78 is 5.53. The van der Waals surface area contributed by atoms with Crippen molar-refractivity contribution in [1.82, 2.24) is 14.7 Å². The van der Waals surface area contributed by atoms with Crippen LogP contribution < -0.4 is 0 Å². The average Bonchev–Trinajstić information content (AvgIpc) is 2.70. The molecule has 0 aromatic carbocycles. The van der Waals surface area contributed by atoms with Crippen LogP contribution in [-0.4, -0.2) is 78.0 Å². The zero-order chi connectivity index (χ0) is 19.8. The smallest absolute Gasteiger partial charge is 0.409 e. The van der Waals surface area contributed by atoms with Gasteiger partial charge in [-0.05, 0) is 51.0 Å². The lowest BCUT2D eigenvalue weighted by molar-refractivity contribution is -0.141. The Morgan fingerprint density at radius 3 is 2.48 bits per heavy atom. The predicted octanol–water partition coefficient (Wildman–Crippen LogP) is 2.27. The Bertz CT molecular complexity index is 543. The number of ether oxygens (including phenoxy) is 1. The number of likely N-dealkylation sites (tertiary alicyclic amines) is 2. The van der Waals surface area contributed by atoms with Gasteiger partial charge in [0, 0.05) is 26.2 Å².